The molecule has 0 fully saturated rings. The summed E-state index contributed by atoms with van der Waals surface area (Å²) >= 11 is 0. The number of methoxy groups -OCH3 is 2. The highest BCUT2D eigenvalue weighted by Gasteiger charge is 2.12. The molecular formula is C22H22N4O3. The summed E-state index contributed by atoms with van der Waals surface area (Å²) in [6, 6.07) is 17.3. The van der Waals surface area contributed by atoms with E-state index in [0.717, 1.165) is 28.0 Å². The van der Waals surface area contributed by atoms with Gasteiger partial charge in [-0.2, -0.15) is 0 Å². The Morgan fingerprint density at radius 2 is 1.72 bits per heavy atom. The van der Waals surface area contributed by atoms with Gasteiger partial charge in [0.15, 0.2) is 17.1 Å². The van der Waals surface area contributed by atoms with Crippen molar-refractivity contribution in [2.24, 2.45) is 0 Å². The standard InChI is InChI=1S/C22H22N4O3/c1-27-17-8-5-15(6-9-17)14-29-19-10-7-16(12-20(19)28-2)13-26-21-18(25-22(26)23)4-3-11-24-21/h3-12H,13-14H2,1-2H3,(H2,23,25). The number of benzene rings is 2. The van der Waals surface area contributed by atoms with Gasteiger partial charge in [-0.15, -0.1) is 0 Å². The molecule has 0 bridgehead atoms. The Hall–Kier alpha value is -3.74. The molecular weight excluding hydrogens is 368 g/mol. The quantitative estimate of drug-likeness (QED) is 0.518. The van der Waals surface area contributed by atoms with Gasteiger partial charge in [0, 0.05) is 6.20 Å². The lowest BCUT2D eigenvalue weighted by Gasteiger charge is -2.13. The Morgan fingerprint density at radius 3 is 2.48 bits per heavy atom. The second kappa shape index (κ2) is 8.10. The summed E-state index contributed by atoms with van der Waals surface area (Å²) in [5, 5.41) is 0. The molecule has 0 unspecified atom stereocenters. The highest BCUT2D eigenvalue weighted by molar-refractivity contribution is 5.73. The maximum Gasteiger partial charge on any atom is 0.202 e. The molecule has 0 spiro atoms. The first-order valence-electron chi connectivity index (χ1n) is 9.17. The third kappa shape index (κ3) is 3.94. The molecule has 4 aromatic rings. The monoisotopic (exact) mass is 390 g/mol. The number of anilines is 1. The van der Waals surface area contributed by atoms with Crippen LogP contribution in [0.4, 0.5) is 5.95 Å². The molecule has 0 aliphatic heterocycles. The van der Waals surface area contributed by atoms with Crippen LogP contribution in [0.1, 0.15) is 11.1 Å². The Bertz CT molecular complexity index is 1120. The van der Waals surface area contributed by atoms with E-state index in [1.165, 1.54) is 0 Å². The summed E-state index contributed by atoms with van der Waals surface area (Å²) < 4.78 is 18.5. The molecule has 0 saturated heterocycles. The van der Waals surface area contributed by atoms with Crippen molar-refractivity contribution in [3.8, 4) is 17.2 Å². The first-order valence-corrected chi connectivity index (χ1v) is 9.17. The molecule has 7 nitrogen and oxygen atoms in total. The van der Waals surface area contributed by atoms with Crippen LogP contribution in [0.15, 0.2) is 60.8 Å². The van der Waals surface area contributed by atoms with Crippen molar-refractivity contribution in [2.45, 2.75) is 13.2 Å². The van der Waals surface area contributed by atoms with Crippen LogP contribution >= 0.6 is 0 Å². The van der Waals surface area contributed by atoms with E-state index in [1.807, 2.05) is 59.2 Å². The van der Waals surface area contributed by atoms with Gasteiger partial charge in [0.05, 0.1) is 20.8 Å². The maximum atomic E-state index is 6.08. The average Bonchev–Trinajstić information content (AvgIpc) is 3.08. The van der Waals surface area contributed by atoms with Crippen molar-refractivity contribution in [2.75, 3.05) is 20.0 Å². The number of ether oxygens (including phenoxy) is 3. The van der Waals surface area contributed by atoms with Crippen LogP contribution in [-0.4, -0.2) is 28.8 Å². The zero-order chi connectivity index (χ0) is 20.2. The van der Waals surface area contributed by atoms with Gasteiger partial charge in [-0.1, -0.05) is 18.2 Å². The van der Waals surface area contributed by atoms with E-state index in [-0.39, 0.29) is 0 Å². The Kier molecular flexibility index (Phi) is 5.20. The molecule has 0 saturated carbocycles. The van der Waals surface area contributed by atoms with Gasteiger partial charge >= 0.3 is 0 Å². The summed E-state index contributed by atoms with van der Waals surface area (Å²) in [6.07, 6.45) is 1.73. The number of pyridine rings is 1. The molecule has 7 heteroatoms. The molecule has 0 amide bonds. The van der Waals surface area contributed by atoms with Crippen LogP contribution < -0.4 is 19.9 Å². The van der Waals surface area contributed by atoms with Crippen molar-refractivity contribution >= 4 is 17.1 Å². The topological polar surface area (TPSA) is 84.4 Å². The fraction of sp³-hybridized carbons (Fsp3) is 0.182. The normalized spacial score (nSPS) is 10.8. The smallest absolute Gasteiger partial charge is 0.202 e. The third-order valence-electron chi connectivity index (χ3n) is 4.66. The van der Waals surface area contributed by atoms with Crippen LogP contribution in [0.5, 0.6) is 17.2 Å². The minimum atomic E-state index is 0.428. The van der Waals surface area contributed by atoms with Crippen molar-refractivity contribution in [3.63, 3.8) is 0 Å². The molecule has 0 aliphatic carbocycles. The van der Waals surface area contributed by atoms with Crippen molar-refractivity contribution in [1.82, 2.24) is 14.5 Å². The summed E-state index contributed by atoms with van der Waals surface area (Å²) in [5.41, 5.74) is 9.66. The lowest BCUT2D eigenvalue weighted by molar-refractivity contribution is 0.284. The molecule has 148 valence electrons. The lowest BCUT2D eigenvalue weighted by Crippen LogP contribution is -2.06. The maximum absolute atomic E-state index is 6.08. The molecule has 0 aliphatic rings. The number of nitrogens with zero attached hydrogens (tertiary/aromatic N) is 3. The van der Waals surface area contributed by atoms with E-state index in [0.29, 0.717) is 30.6 Å². The molecule has 2 N–H and O–H groups in total. The van der Waals surface area contributed by atoms with Gasteiger partial charge in [0.2, 0.25) is 5.95 Å². The SMILES string of the molecule is COc1ccc(COc2ccc(Cn3c(N)nc4cccnc43)cc2OC)cc1. The minimum absolute atomic E-state index is 0.428. The molecule has 2 heterocycles. The zero-order valence-corrected chi connectivity index (χ0v) is 16.3. The second-order valence-electron chi connectivity index (χ2n) is 6.52. The van der Waals surface area contributed by atoms with E-state index in [9.17, 15) is 0 Å². The van der Waals surface area contributed by atoms with E-state index in [1.54, 1.807) is 20.4 Å². The fourth-order valence-corrected chi connectivity index (χ4v) is 3.13. The number of fused-ring (bicyclic) bond motifs is 1. The first kappa shape index (κ1) is 18.6. The lowest BCUT2D eigenvalue weighted by atomic mass is 10.2. The summed E-state index contributed by atoms with van der Waals surface area (Å²) in [7, 11) is 3.27. The van der Waals surface area contributed by atoms with E-state index in [2.05, 4.69) is 9.97 Å². The summed E-state index contributed by atoms with van der Waals surface area (Å²) in [4.78, 5) is 8.75. The van der Waals surface area contributed by atoms with Gasteiger partial charge in [0.1, 0.15) is 17.9 Å². The average molecular weight is 390 g/mol. The minimum Gasteiger partial charge on any atom is -0.497 e. The van der Waals surface area contributed by atoms with Crippen LogP contribution in [0, 0.1) is 0 Å². The number of hydrogen-bond acceptors (Lipinski definition) is 6. The van der Waals surface area contributed by atoms with Gasteiger partial charge in [0.25, 0.3) is 0 Å². The van der Waals surface area contributed by atoms with Gasteiger partial charge < -0.3 is 19.9 Å². The zero-order valence-electron chi connectivity index (χ0n) is 16.3. The first-order chi connectivity index (χ1) is 14.2. The van der Waals surface area contributed by atoms with E-state index < -0.39 is 0 Å². The van der Waals surface area contributed by atoms with Crippen molar-refractivity contribution in [3.05, 3.63) is 71.9 Å². The number of hydrogen-bond donors (Lipinski definition) is 1. The number of imidazole rings is 1. The molecule has 2 aromatic carbocycles. The Balaban J connectivity index is 1.52. The Morgan fingerprint density at radius 1 is 0.931 bits per heavy atom. The molecule has 0 radical (unpaired) electrons. The molecule has 29 heavy (non-hydrogen) atoms. The van der Waals surface area contributed by atoms with Gasteiger partial charge in [-0.05, 0) is 47.5 Å². The van der Waals surface area contributed by atoms with Gasteiger partial charge in [-0.3, -0.25) is 4.57 Å². The number of nitrogens with two attached hydrogens (primary N) is 1. The van der Waals surface area contributed by atoms with Crippen molar-refractivity contribution in [1.29, 1.82) is 0 Å². The molecule has 2 aromatic heterocycles. The number of nitrogen functional groups attached to an aromatic ring is 1. The highest BCUT2D eigenvalue weighted by atomic mass is 16.5. The molecule has 0 atom stereocenters. The highest BCUT2D eigenvalue weighted by Crippen LogP contribution is 2.30. The third-order valence-corrected chi connectivity index (χ3v) is 4.66. The van der Waals surface area contributed by atoms with Crippen LogP contribution in [0.2, 0.25) is 0 Å². The predicted octanol–water partition coefficient (Wildman–Crippen LogP) is 3.66. The molecule has 4 rings (SSSR count). The largest absolute Gasteiger partial charge is 0.497 e. The van der Waals surface area contributed by atoms with Gasteiger partial charge in [-0.25, -0.2) is 9.97 Å². The van der Waals surface area contributed by atoms with Crippen molar-refractivity contribution < 1.29 is 14.2 Å². The second-order valence-corrected chi connectivity index (χ2v) is 6.52. The van der Waals surface area contributed by atoms with Crippen LogP contribution in [-0.2, 0) is 13.2 Å². The van der Waals surface area contributed by atoms with Crippen LogP contribution in [0.25, 0.3) is 11.2 Å². The van der Waals surface area contributed by atoms with E-state index in [4.69, 9.17) is 19.9 Å². The van der Waals surface area contributed by atoms with E-state index >= 15 is 0 Å². The number of rotatable bonds is 7. The fourth-order valence-electron chi connectivity index (χ4n) is 3.13. The number of aromatic nitrogens is 3. The van der Waals surface area contributed by atoms with Crippen LogP contribution in [0.3, 0.4) is 0 Å². The summed E-state index contributed by atoms with van der Waals surface area (Å²) in [5.74, 6) is 2.58. The predicted molar refractivity (Wildman–Crippen MR) is 111 cm³/mol. The summed E-state index contributed by atoms with van der Waals surface area (Å²) in [6.45, 7) is 0.969. The Labute approximate surface area is 168 Å².